The van der Waals surface area contributed by atoms with E-state index in [1.165, 1.54) is 10.4 Å². The Kier molecular flexibility index (Phi) is 5.44. The van der Waals surface area contributed by atoms with E-state index in [9.17, 15) is 4.55 Å². The smallest absolute Gasteiger partial charge is 0.264 e. The van der Waals surface area contributed by atoms with Crippen molar-refractivity contribution in [2.45, 2.75) is 0 Å². The van der Waals surface area contributed by atoms with Crippen LogP contribution in [0, 0.1) is 0 Å². The van der Waals surface area contributed by atoms with Crippen LogP contribution in [0.15, 0.2) is 0 Å². The van der Waals surface area contributed by atoms with Crippen LogP contribution in [0.2, 0.25) is 0 Å². The molecule has 2 atom stereocenters. The molecule has 1 nitrogen and oxygen atoms in total. The summed E-state index contributed by atoms with van der Waals surface area (Å²) in [5, 5.41) is 0. The van der Waals surface area contributed by atoms with Crippen molar-refractivity contribution in [1.82, 2.24) is 0 Å². The first-order valence-corrected chi connectivity index (χ1v) is 7.23. The van der Waals surface area contributed by atoms with Crippen molar-refractivity contribution >= 4 is 47.4 Å². The highest BCUT2D eigenvalue weighted by Gasteiger charge is 1.90. The Bertz CT molecular complexity index is 23.6. The second kappa shape index (κ2) is 3.99. The van der Waals surface area contributed by atoms with Crippen molar-refractivity contribution in [1.29, 1.82) is 0 Å². The summed E-state index contributed by atoms with van der Waals surface area (Å²) >= 11 is 1.82. The van der Waals surface area contributed by atoms with Crippen molar-refractivity contribution in [2.75, 3.05) is 0 Å². The van der Waals surface area contributed by atoms with Crippen LogP contribution in [-0.4, -0.2) is 4.55 Å². The minimum absolute atomic E-state index is 0.723. The first kappa shape index (κ1) is 6.82. The zero-order valence-electron chi connectivity index (χ0n) is 2.18. The van der Waals surface area contributed by atoms with Crippen molar-refractivity contribution in [3.63, 3.8) is 0 Å². The lowest BCUT2D eigenvalue weighted by Crippen LogP contribution is -1.67. The van der Waals surface area contributed by atoms with E-state index in [1.54, 1.807) is 0 Å². The van der Waals surface area contributed by atoms with Gasteiger partial charge in [-0.2, -0.15) is 0 Å². The van der Waals surface area contributed by atoms with Crippen LogP contribution in [0.4, 0.5) is 0 Å². The number of rotatable bonds is 1. The van der Waals surface area contributed by atoms with Crippen LogP contribution >= 0.6 is 40.1 Å². The average molecular weight is 240 g/mol. The molecular weight excluding hydrogens is 238 g/mol. The Morgan fingerprint density at radius 2 is 2.20 bits per heavy atom. The number of hydrogen-bond acceptors (Lipinski definition) is 2. The molecule has 0 radical (unpaired) electrons. The molecule has 0 aromatic rings. The van der Waals surface area contributed by atoms with E-state index in [-0.39, 0.29) is 0 Å². The summed E-state index contributed by atoms with van der Waals surface area (Å²) in [4.78, 5) is 0. The molecule has 0 saturated carbocycles. The predicted molar refractivity (Wildman–Crippen MR) is 39.5 cm³/mol. The molecule has 0 saturated heterocycles. The molecule has 5 heteroatoms. The lowest BCUT2D eigenvalue weighted by atomic mass is 15.9. The Balaban J connectivity index is 2.54. The fourth-order valence-corrected chi connectivity index (χ4v) is 0. The molecule has 0 aliphatic heterocycles. The molecule has 2 unspecified atom stereocenters. The summed E-state index contributed by atoms with van der Waals surface area (Å²) in [6, 6.07) is 0. The lowest BCUT2D eigenvalue weighted by Gasteiger charge is -1.86. The fraction of sp³-hybridized carbons (Fsp3) is 0. The van der Waals surface area contributed by atoms with Crippen molar-refractivity contribution in [3.8, 4) is 0 Å². The van der Waals surface area contributed by atoms with E-state index in [4.69, 9.17) is 0 Å². The maximum absolute atomic E-state index is 9.85. The highest BCUT2D eigenvalue weighted by Crippen LogP contribution is 2.25. The maximum atomic E-state index is 9.85. The third-order valence-corrected chi connectivity index (χ3v) is 7.65. The van der Waals surface area contributed by atoms with Crippen LogP contribution in [0.1, 0.15) is 0 Å². The summed E-state index contributed by atoms with van der Waals surface area (Å²) in [7, 11) is 2.84. The topological polar surface area (TPSA) is 23.1 Å². The first-order valence-electron chi connectivity index (χ1n) is 0.723. The number of hydrogen-bond donors (Lipinski definition) is 0. The van der Waals surface area contributed by atoms with Gasteiger partial charge in [-0.05, 0) is 8.44 Å². The largest absolute Gasteiger partial charge is 0.597 e. The predicted octanol–water partition coefficient (Wildman–Crippen LogP) is 1.52. The molecular formula is H2IOPS2. The van der Waals surface area contributed by atoms with Crippen molar-refractivity contribution in [2.24, 2.45) is 0 Å². The third-order valence-electron chi connectivity index (χ3n) is 0.0757. The van der Waals surface area contributed by atoms with Crippen LogP contribution in [-0.2, 0) is 7.38 Å². The van der Waals surface area contributed by atoms with Gasteiger partial charge in [0.15, 0.2) is 0 Å². The summed E-state index contributed by atoms with van der Waals surface area (Å²) in [6.45, 7) is 0. The molecule has 0 spiro atoms. The fourth-order valence-electron chi connectivity index (χ4n) is 0. The second-order valence-corrected chi connectivity index (χ2v) is 8.28. The van der Waals surface area contributed by atoms with Gasteiger partial charge in [0, 0.05) is 0 Å². The quantitative estimate of drug-likeness (QED) is 0.300. The van der Waals surface area contributed by atoms with Gasteiger partial charge in [0.2, 0.25) is 0 Å². The standard InChI is InChI=1S/H2IOPS2/c1-5(2)4-3/h3H2. The zero-order valence-corrected chi connectivity index (χ0v) is 7.13. The SMILES string of the molecule is [O-][S+](I)SP. The summed E-state index contributed by atoms with van der Waals surface area (Å²) in [5.74, 6) is 0. The van der Waals surface area contributed by atoms with Gasteiger partial charge in [-0.1, -0.05) is 0 Å². The van der Waals surface area contributed by atoms with Gasteiger partial charge >= 0.3 is 0 Å². The van der Waals surface area contributed by atoms with Crippen molar-refractivity contribution in [3.05, 3.63) is 0 Å². The zero-order chi connectivity index (χ0) is 4.28. The molecule has 5 heavy (non-hydrogen) atoms. The van der Waals surface area contributed by atoms with Gasteiger partial charge in [0.25, 0.3) is 21.2 Å². The van der Waals surface area contributed by atoms with Gasteiger partial charge in [-0.3, -0.25) is 0 Å². The molecule has 0 N–H and O–H groups in total. The Morgan fingerprint density at radius 3 is 2.20 bits per heavy atom. The summed E-state index contributed by atoms with van der Waals surface area (Å²) in [5.41, 5.74) is 0. The first-order chi connectivity index (χ1) is 2.27. The molecule has 0 fully saturated rings. The molecule has 0 bridgehead atoms. The Hall–Kier alpha value is 1.82. The lowest BCUT2D eigenvalue weighted by molar-refractivity contribution is 0.624. The molecule has 32 valence electrons. The second-order valence-electron chi connectivity index (χ2n) is 0.290. The minimum atomic E-state index is -0.723. The minimum Gasteiger partial charge on any atom is -0.597 e. The molecule has 0 aromatic heterocycles. The summed E-state index contributed by atoms with van der Waals surface area (Å²) < 4.78 is 9.85. The van der Waals surface area contributed by atoms with E-state index in [0.717, 1.165) is 0 Å². The van der Waals surface area contributed by atoms with Crippen LogP contribution in [0.5, 0.6) is 0 Å². The molecule has 0 aliphatic carbocycles. The van der Waals surface area contributed by atoms with E-state index >= 15 is 0 Å². The maximum Gasteiger partial charge on any atom is 0.264 e. The summed E-state index contributed by atoms with van der Waals surface area (Å²) in [6.07, 6.45) is 0. The van der Waals surface area contributed by atoms with Gasteiger partial charge in [0.1, 0.15) is 10.4 Å². The van der Waals surface area contributed by atoms with E-state index in [1.807, 2.05) is 21.2 Å². The van der Waals surface area contributed by atoms with Gasteiger partial charge in [-0.25, -0.2) is 0 Å². The third kappa shape index (κ3) is 5.82. The Labute approximate surface area is 51.8 Å². The molecule has 0 aromatic carbocycles. The average Bonchev–Trinajstić information content (AvgIpc) is 1.38. The number of halogens is 1. The molecule has 0 amide bonds. The monoisotopic (exact) mass is 240 g/mol. The van der Waals surface area contributed by atoms with E-state index in [0.29, 0.717) is 0 Å². The highest BCUT2D eigenvalue weighted by atomic mass is 127. The van der Waals surface area contributed by atoms with Gasteiger partial charge < -0.3 is 4.55 Å². The van der Waals surface area contributed by atoms with Crippen LogP contribution < -0.4 is 0 Å². The van der Waals surface area contributed by atoms with Gasteiger partial charge in [0.05, 0.1) is 7.38 Å². The van der Waals surface area contributed by atoms with Gasteiger partial charge in [-0.15, -0.1) is 0 Å². The molecule has 0 heterocycles. The normalized spacial score (nSPS) is 15.0. The van der Waals surface area contributed by atoms with E-state index < -0.39 is 7.38 Å². The van der Waals surface area contributed by atoms with E-state index in [2.05, 4.69) is 8.44 Å². The van der Waals surface area contributed by atoms with Crippen LogP contribution in [0.3, 0.4) is 0 Å². The van der Waals surface area contributed by atoms with Crippen LogP contribution in [0.25, 0.3) is 0 Å². The Morgan fingerprint density at radius 1 is 2.00 bits per heavy atom. The molecule has 0 aliphatic rings. The highest BCUT2D eigenvalue weighted by molar-refractivity contribution is 14.2. The molecule has 0 rings (SSSR count). The van der Waals surface area contributed by atoms with Crippen molar-refractivity contribution < 1.29 is 4.55 Å².